The maximum Gasteiger partial charge on any atom is 0.0754 e. The maximum absolute atomic E-state index is 2.55. The average molecular weight is 679 g/mol. The van der Waals surface area contributed by atoms with Crippen molar-refractivity contribution < 1.29 is 0 Å². The summed E-state index contributed by atoms with van der Waals surface area (Å²) >= 11 is 1.87. The molecule has 0 radical (unpaired) electrons. The number of hydrogen-bond donors (Lipinski definition) is 0. The lowest BCUT2D eigenvalue weighted by Crippen LogP contribution is -2.33. The number of hydrogen-bond acceptors (Lipinski definition) is 2. The van der Waals surface area contributed by atoms with Crippen molar-refractivity contribution in [3.63, 3.8) is 0 Å². The Balaban J connectivity index is 1.23. The Kier molecular flexibility index (Phi) is 5.62. The molecule has 2 nitrogen and oxygen atoms in total. The van der Waals surface area contributed by atoms with E-state index >= 15 is 0 Å². The lowest BCUT2D eigenvalue weighted by molar-refractivity contribution is 0.748. The normalized spacial score (nSPS) is 13.5. The summed E-state index contributed by atoms with van der Waals surface area (Å²) < 4.78 is 5.15. The summed E-state index contributed by atoms with van der Waals surface area (Å²) in [5.41, 5.74) is 14.7. The summed E-state index contributed by atoms with van der Waals surface area (Å²) in [5, 5.41) is 5.16. The first kappa shape index (κ1) is 28.3. The minimum Gasteiger partial charge on any atom is -0.310 e. The van der Waals surface area contributed by atoms with Gasteiger partial charge in [-0.1, -0.05) is 133 Å². The smallest absolute Gasteiger partial charge is 0.0754 e. The van der Waals surface area contributed by atoms with Gasteiger partial charge in [-0.25, -0.2) is 0 Å². The van der Waals surface area contributed by atoms with Crippen molar-refractivity contribution in [3.8, 4) is 16.8 Å². The van der Waals surface area contributed by atoms with Crippen molar-refractivity contribution >= 4 is 70.4 Å². The second-order valence-corrected chi connectivity index (χ2v) is 15.1. The van der Waals surface area contributed by atoms with Crippen molar-refractivity contribution in [1.29, 1.82) is 0 Å². The predicted octanol–water partition coefficient (Wildman–Crippen LogP) is 13.3. The number of anilines is 3. The fraction of sp³-hybridized carbons (Fsp3) is 0.0204. The summed E-state index contributed by atoms with van der Waals surface area (Å²) in [6.07, 6.45) is 0. The van der Waals surface area contributed by atoms with E-state index in [4.69, 9.17) is 0 Å². The fourth-order valence-corrected chi connectivity index (χ4v) is 10.8. The first-order valence-electron chi connectivity index (χ1n) is 17.9. The molecule has 0 atom stereocenters. The zero-order valence-electron chi connectivity index (χ0n) is 28.1. The van der Waals surface area contributed by atoms with Crippen molar-refractivity contribution in [3.05, 3.63) is 204 Å². The Morgan fingerprint density at radius 2 is 1.08 bits per heavy atom. The van der Waals surface area contributed by atoms with Gasteiger partial charge in [-0.15, -0.1) is 11.3 Å². The second kappa shape index (κ2) is 10.3. The number of nitrogens with zero attached hydrogens (tertiary/aromatic N) is 2. The van der Waals surface area contributed by atoms with Crippen LogP contribution in [0.4, 0.5) is 17.1 Å². The van der Waals surface area contributed by atoms with E-state index in [2.05, 4.69) is 191 Å². The van der Waals surface area contributed by atoms with Crippen molar-refractivity contribution in [2.45, 2.75) is 5.41 Å². The molecular weight excluding hydrogens is 649 g/mol. The minimum atomic E-state index is -0.466. The Hall–Kier alpha value is -6.42. The Morgan fingerprint density at radius 1 is 0.442 bits per heavy atom. The predicted molar refractivity (Wildman–Crippen MR) is 219 cm³/mol. The van der Waals surface area contributed by atoms with E-state index in [1.165, 1.54) is 86.7 Å². The molecule has 1 aliphatic carbocycles. The fourth-order valence-electron chi connectivity index (χ4n) is 9.64. The summed E-state index contributed by atoms with van der Waals surface area (Å²) in [5.74, 6) is 0. The van der Waals surface area contributed by atoms with Crippen LogP contribution < -0.4 is 4.90 Å². The first-order valence-corrected chi connectivity index (χ1v) is 18.8. The molecule has 242 valence electrons. The van der Waals surface area contributed by atoms with Crippen LogP contribution >= 0.6 is 11.3 Å². The molecule has 0 saturated heterocycles. The molecule has 12 rings (SSSR count). The molecule has 0 saturated carbocycles. The van der Waals surface area contributed by atoms with E-state index in [1.807, 2.05) is 11.3 Å². The third kappa shape index (κ3) is 3.48. The van der Waals surface area contributed by atoms with Gasteiger partial charge >= 0.3 is 0 Å². The summed E-state index contributed by atoms with van der Waals surface area (Å²) in [7, 11) is 0. The third-order valence-corrected chi connectivity index (χ3v) is 12.7. The van der Waals surface area contributed by atoms with E-state index in [0.29, 0.717) is 0 Å². The van der Waals surface area contributed by atoms with Crippen LogP contribution in [0.3, 0.4) is 0 Å². The zero-order valence-corrected chi connectivity index (χ0v) is 28.9. The number of rotatable bonds is 3. The van der Waals surface area contributed by atoms with Gasteiger partial charge in [0, 0.05) is 42.3 Å². The highest BCUT2D eigenvalue weighted by molar-refractivity contribution is 7.26. The maximum atomic E-state index is 2.55. The van der Waals surface area contributed by atoms with Crippen LogP contribution in [-0.4, -0.2) is 4.57 Å². The van der Waals surface area contributed by atoms with Crippen molar-refractivity contribution in [2.75, 3.05) is 4.90 Å². The van der Waals surface area contributed by atoms with Gasteiger partial charge in [0.1, 0.15) is 0 Å². The molecule has 3 heterocycles. The SMILES string of the molecule is c1ccc(N(c2ccc3c(c2)-n2c4ccccc4c4cccc(c42)C32c3ccccc3-c3ccccc32)c2cccc3sc4ccccc4c23)cc1. The summed E-state index contributed by atoms with van der Waals surface area (Å²) in [4.78, 5) is 2.47. The minimum absolute atomic E-state index is 0.466. The molecule has 0 bridgehead atoms. The van der Waals surface area contributed by atoms with Gasteiger partial charge in [-0.05, 0) is 81.9 Å². The molecule has 8 aromatic carbocycles. The van der Waals surface area contributed by atoms with E-state index in [1.54, 1.807) is 0 Å². The van der Waals surface area contributed by atoms with Crippen LogP contribution in [0.5, 0.6) is 0 Å². The van der Waals surface area contributed by atoms with Gasteiger partial charge in [0.25, 0.3) is 0 Å². The Bertz CT molecular complexity index is 3050. The van der Waals surface area contributed by atoms with Crippen LogP contribution in [0, 0.1) is 0 Å². The van der Waals surface area contributed by atoms with E-state index in [9.17, 15) is 0 Å². The molecule has 2 aliphatic rings. The third-order valence-electron chi connectivity index (χ3n) is 11.6. The Morgan fingerprint density at radius 3 is 1.90 bits per heavy atom. The lowest BCUT2D eigenvalue weighted by atomic mass is 9.65. The molecule has 0 fully saturated rings. The van der Waals surface area contributed by atoms with Gasteiger partial charge in [0.15, 0.2) is 0 Å². The first-order chi connectivity index (χ1) is 25.8. The molecule has 0 amide bonds. The average Bonchev–Trinajstić information content (AvgIpc) is 3.85. The van der Waals surface area contributed by atoms with Crippen molar-refractivity contribution in [1.82, 2.24) is 4.57 Å². The largest absolute Gasteiger partial charge is 0.310 e. The quantitative estimate of drug-likeness (QED) is 0.181. The highest BCUT2D eigenvalue weighted by Gasteiger charge is 2.50. The molecule has 0 unspecified atom stereocenters. The van der Waals surface area contributed by atoms with E-state index in [0.717, 1.165) is 11.4 Å². The number of aromatic nitrogens is 1. The van der Waals surface area contributed by atoms with Crippen LogP contribution in [0.25, 0.3) is 58.8 Å². The number of fused-ring (bicyclic) bond motifs is 15. The molecule has 3 heteroatoms. The van der Waals surface area contributed by atoms with Crippen LogP contribution in [0.2, 0.25) is 0 Å². The van der Waals surface area contributed by atoms with Crippen molar-refractivity contribution in [2.24, 2.45) is 0 Å². The molecule has 1 aliphatic heterocycles. The molecule has 2 aromatic heterocycles. The van der Waals surface area contributed by atoms with Gasteiger partial charge in [0.05, 0.1) is 27.8 Å². The summed E-state index contributed by atoms with van der Waals surface area (Å²) in [6, 6.07) is 67.7. The Labute approximate surface area is 305 Å². The second-order valence-electron chi connectivity index (χ2n) is 14.0. The van der Waals surface area contributed by atoms with Gasteiger partial charge in [-0.2, -0.15) is 0 Å². The van der Waals surface area contributed by atoms with Gasteiger partial charge in [0.2, 0.25) is 0 Å². The number of para-hydroxylation sites is 3. The highest BCUT2D eigenvalue weighted by atomic mass is 32.1. The molecule has 1 spiro atoms. The van der Waals surface area contributed by atoms with Crippen LogP contribution in [0.1, 0.15) is 22.3 Å². The topological polar surface area (TPSA) is 8.17 Å². The van der Waals surface area contributed by atoms with E-state index < -0.39 is 5.41 Å². The number of thiophene rings is 1. The monoisotopic (exact) mass is 678 g/mol. The van der Waals surface area contributed by atoms with Gasteiger partial charge < -0.3 is 9.47 Å². The van der Waals surface area contributed by atoms with Gasteiger partial charge in [-0.3, -0.25) is 0 Å². The highest BCUT2D eigenvalue weighted by Crippen LogP contribution is 2.61. The van der Waals surface area contributed by atoms with Crippen LogP contribution in [-0.2, 0) is 5.41 Å². The summed E-state index contributed by atoms with van der Waals surface area (Å²) in [6.45, 7) is 0. The molecule has 0 N–H and O–H groups in total. The zero-order chi connectivity index (χ0) is 34.0. The molecule has 10 aromatic rings. The number of benzene rings is 8. The standard InChI is InChI=1S/C49H30N2S/c1-2-14-31(15-3-1)50(43-25-13-27-46-47(43)37-19-7-11-26-45(37)52-46)32-28-29-40-44(30-32)51-42-24-10-6-18-35(42)36-20-12-23-41(48(36)51)49(40)38-21-8-4-16-33(38)34-17-5-9-22-39(34)49/h1-30H. The molecular formula is C49H30N2S. The lowest BCUT2D eigenvalue weighted by Gasteiger charge is -2.40. The molecule has 52 heavy (non-hydrogen) atoms. The van der Waals surface area contributed by atoms with Crippen LogP contribution in [0.15, 0.2) is 182 Å². The van der Waals surface area contributed by atoms with E-state index in [-0.39, 0.29) is 0 Å².